The summed E-state index contributed by atoms with van der Waals surface area (Å²) in [6.45, 7) is 9.36. The summed E-state index contributed by atoms with van der Waals surface area (Å²) in [6, 6.07) is 13.8. The Morgan fingerprint density at radius 3 is 2.49 bits per heavy atom. The Bertz CT molecular complexity index is 1240. The average Bonchev–Trinajstić information content (AvgIpc) is 3.49. The van der Waals surface area contributed by atoms with E-state index < -0.39 is 0 Å². The molecule has 2 aliphatic heterocycles. The van der Waals surface area contributed by atoms with Gasteiger partial charge < -0.3 is 4.90 Å². The summed E-state index contributed by atoms with van der Waals surface area (Å²) in [5.74, 6) is 0.628. The number of pyridine rings is 1. The van der Waals surface area contributed by atoms with E-state index in [0.29, 0.717) is 4.91 Å². The monoisotopic (exact) mass is 488 g/mol. The fraction of sp³-hybridized carbons (Fsp3) is 0.360. The minimum absolute atomic E-state index is 0.117. The molecule has 10 heteroatoms. The molecule has 1 aromatic carbocycles. The van der Waals surface area contributed by atoms with E-state index in [9.17, 15) is 4.79 Å². The van der Waals surface area contributed by atoms with Gasteiger partial charge in [0, 0.05) is 38.6 Å². The number of hydrogen-bond donors (Lipinski definition) is 0. The van der Waals surface area contributed by atoms with Crippen LogP contribution in [0.5, 0.6) is 0 Å². The largest absolute Gasteiger partial charge is 0.348 e. The van der Waals surface area contributed by atoms with E-state index in [-0.39, 0.29) is 17.5 Å². The molecule has 4 heterocycles. The normalized spacial score (nSPS) is 19.3. The standard InChI is InChI=1S/C25H28N8OS/c1-25(2,3)33-22(28-29-30-33)21(19-10-7-11-26-17-19)31-12-14-32(15-13-31)24-27-23(34)20(35-24)16-18-8-5-4-6-9-18/h4-11,16-17,21H,12-15H2,1-3H3/b20-16-. The Labute approximate surface area is 208 Å². The van der Waals surface area contributed by atoms with E-state index in [1.165, 1.54) is 11.8 Å². The molecule has 2 aliphatic rings. The first-order chi connectivity index (χ1) is 16.9. The van der Waals surface area contributed by atoms with Crippen molar-refractivity contribution in [3.05, 3.63) is 76.7 Å². The van der Waals surface area contributed by atoms with Crippen LogP contribution in [0.15, 0.2) is 64.8 Å². The van der Waals surface area contributed by atoms with E-state index in [4.69, 9.17) is 0 Å². The predicted molar refractivity (Wildman–Crippen MR) is 136 cm³/mol. The Kier molecular flexibility index (Phi) is 6.48. The van der Waals surface area contributed by atoms with Gasteiger partial charge in [-0.2, -0.15) is 4.99 Å². The van der Waals surface area contributed by atoms with Crippen LogP contribution in [0.1, 0.15) is 43.8 Å². The Morgan fingerprint density at radius 1 is 1.03 bits per heavy atom. The SMILES string of the molecule is CC(C)(C)n1nnnc1C(c1cccnc1)N1CCN(C2=NC(=O)/C(=C/c3ccccc3)S2)CC1. The molecule has 5 rings (SSSR count). The molecule has 0 aliphatic carbocycles. The van der Waals surface area contributed by atoms with Crippen molar-refractivity contribution in [2.75, 3.05) is 26.2 Å². The van der Waals surface area contributed by atoms with Gasteiger partial charge in [0.15, 0.2) is 11.0 Å². The highest BCUT2D eigenvalue weighted by Crippen LogP contribution is 2.33. The Hall–Kier alpha value is -3.37. The molecule has 2 aromatic heterocycles. The lowest BCUT2D eigenvalue weighted by Crippen LogP contribution is -2.49. The summed E-state index contributed by atoms with van der Waals surface area (Å²) < 4.78 is 1.90. The zero-order valence-corrected chi connectivity index (χ0v) is 20.9. The van der Waals surface area contributed by atoms with Crippen LogP contribution >= 0.6 is 11.8 Å². The van der Waals surface area contributed by atoms with Crippen molar-refractivity contribution in [2.24, 2.45) is 4.99 Å². The lowest BCUT2D eigenvalue weighted by molar-refractivity contribution is -0.113. The smallest absolute Gasteiger partial charge is 0.286 e. The molecule has 0 spiro atoms. The highest BCUT2D eigenvalue weighted by Gasteiger charge is 2.35. The van der Waals surface area contributed by atoms with Crippen LogP contribution in [0.25, 0.3) is 6.08 Å². The molecule has 0 saturated carbocycles. The molecule has 1 saturated heterocycles. The van der Waals surface area contributed by atoms with Crippen molar-refractivity contribution in [3.63, 3.8) is 0 Å². The maximum Gasteiger partial charge on any atom is 0.286 e. The van der Waals surface area contributed by atoms with E-state index in [2.05, 4.69) is 62.1 Å². The van der Waals surface area contributed by atoms with Gasteiger partial charge in [0.1, 0.15) is 0 Å². The lowest BCUT2D eigenvalue weighted by Gasteiger charge is -2.39. The number of amides is 1. The number of carbonyl (C=O) groups excluding carboxylic acids is 1. The summed E-state index contributed by atoms with van der Waals surface area (Å²) in [7, 11) is 0. The number of rotatable bonds is 4. The average molecular weight is 489 g/mol. The van der Waals surface area contributed by atoms with Crippen LogP contribution in [-0.4, -0.2) is 72.2 Å². The molecule has 1 atom stereocenters. The van der Waals surface area contributed by atoms with Crippen LogP contribution in [0.2, 0.25) is 0 Å². The number of tetrazole rings is 1. The number of piperazine rings is 1. The van der Waals surface area contributed by atoms with Crippen LogP contribution in [0, 0.1) is 0 Å². The first-order valence-electron chi connectivity index (χ1n) is 11.7. The summed E-state index contributed by atoms with van der Waals surface area (Å²) in [5, 5.41) is 13.5. The fourth-order valence-corrected chi connectivity index (χ4v) is 5.27. The van der Waals surface area contributed by atoms with Gasteiger partial charge in [0.05, 0.1) is 16.5 Å². The summed E-state index contributed by atoms with van der Waals surface area (Å²) >= 11 is 1.45. The molecule has 1 unspecified atom stereocenters. The Morgan fingerprint density at radius 2 is 1.80 bits per heavy atom. The molecule has 3 aromatic rings. The number of carbonyl (C=O) groups is 1. The van der Waals surface area contributed by atoms with E-state index in [0.717, 1.165) is 48.3 Å². The van der Waals surface area contributed by atoms with Gasteiger partial charge in [-0.3, -0.25) is 14.7 Å². The third-order valence-corrected chi connectivity index (χ3v) is 7.07. The second-order valence-corrected chi connectivity index (χ2v) is 10.6. The number of amidine groups is 1. The molecule has 9 nitrogen and oxygen atoms in total. The quantitative estimate of drug-likeness (QED) is 0.517. The molecule has 0 bridgehead atoms. The first kappa shape index (κ1) is 23.4. The minimum atomic E-state index is -0.252. The number of aliphatic imine (C=N–C) groups is 1. The molecular formula is C25H28N8OS. The van der Waals surface area contributed by atoms with Gasteiger partial charge in [-0.1, -0.05) is 36.4 Å². The molecule has 0 radical (unpaired) electrons. The summed E-state index contributed by atoms with van der Waals surface area (Å²) in [4.78, 5) is 26.5. The highest BCUT2D eigenvalue weighted by molar-refractivity contribution is 8.18. The van der Waals surface area contributed by atoms with Gasteiger partial charge in [0.25, 0.3) is 5.91 Å². The zero-order chi connectivity index (χ0) is 24.4. The maximum atomic E-state index is 12.5. The third-order valence-electron chi connectivity index (χ3n) is 6.03. The van der Waals surface area contributed by atoms with E-state index in [1.807, 2.05) is 53.4 Å². The van der Waals surface area contributed by atoms with Gasteiger partial charge >= 0.3 is 0 Å². The third kappa shape index (κ3) is 5.03. The van der Waals surface area contributed by atoms with Crippen molar-refractivity contribution in [3.8, 4) is 0 Å². The number of thioether (sulfide) groups is 1. The molecule has 1 fully saturated rings. The topological polar surface area (TPSA) is 92.4 Å². The van der Waals surface area contributed by atoms with E-state index in [1.54, 1.807) is 6.20 Å². The molecule has 1 amide bonds. The van der Waals surface area contributed by atoms with Gasteiger partial charge in [-0.05, 0) is 66.2 Å². The van der Waals surface area contributed by atoms with Gasteiger partial charge in [0.2, 0.25) is 0 Å². The second-order valence-electron chi connectivity index (χ2n) is 9.55. The summed E-state index contributed by atoms with van der Waals surface area (Å²) in [6.07, 6.45) is 5.57. The fourth-order valence-electron chi connectivity index (χ4n) is 4.31. The zero-order valence-electron chi connectivity index (χ0n) is 20.1. The lowest BCUT2D eigenvalue weighted by atomic mass is 10.0. The summed E-state index contributed by atoms with van der Waals surface area (Å²) in [5.41, 5.74) is 1.80. The molecule has 0 N–H and O–H groups in total. The van der Waals surface area contributed by atoms with Crippen molar-refractivity contribution in [1.29, 1.82) is 0 Å². The van der Waals surface area contributed by atoms with Crippen molar-refractivity contribution in [1.82, 2.24) is 35.0 Å². The van der Waals surface area contributed by atoms with Crippen LogP contribution in [0.4, 0.5) is 0 Å². The number of aromatic nitrogens is 5. The van der Waals surface area contributed by atoms with Gasteiger partial charge in [-0.25, -0.2) is 4.68 Å². The van der Waals surface area contributed by atoms with Crippen molar-refractivity contribution < 1.29 is 4.79 Å². The molecule has 35 heavy (non-hydrogen) atoms. The number of benzene rings is 1. The first-order valence-corrected chi connectivity index (χ1v) is 12.5. The maximum absolute atomic E-state index is 12.5. The predicted octanol–water partition coefficient (Wildman–Crippen LogP) is 3.20. The van der Waals surface area contributed by atoms with Crippen molar-refractivity contribution >= 4 is 28.9 Å². The number of nitrogens with zero attached hydrogens (tertiary/aromatic N) is 8. The Balaban J connectivity index is 1.33. The van der Waals surface area contributed by atoms with Crippen molar-refractivity contribution in [2.45, 2.75) is 32.4 Å². The number of hydrogen-bond acceptors (Lipinski definition) is 8. The molecular weight excluding hydrogens is 460 g/mol. The van der Waals surface area contributed by atoms with E-state index >= 15 is 0 Å². The van der Waals surface area contributed by atoms with Crippen LogP contribution in [0.3, 0.4) is 0 Å². The van der Waals surface area contributed by atoms with Gasteiger partial charge in [-0.15, -0.1) is 5.10 Å². The minimum Gasteiger partial charge on any atom is -0.348 e. The van der Waals surface area contributed by atoms with Crippen LogP contribution < -0.4 is 0 Å². The highest BCUT2D eigenvalue weighted by atomic mass is 32.2. The van der Waals surface area contributed by atoms with Crippen LogP contribution in [-0.2, 0) is 10.3 Å². The second kappa shape index (κ2) is 9.71. The molecule has 180 valence electrons.